The van der Waals surface area contributed by atoms with E-state index in [1.165, 1.54) is 0 Å². The molecule has 0 radical (unpaired) electrons. The molecule has 2 aromatic carbocycles. The van der Waals surface area contributed by atoms with Crippen LogP contribution in [0, 0.1) is 5.41 Å². The van der Waals surface area contributed by atoms with Gasteiger partial charge in [-0.05, 0) is 17.3 Å². The summed E-state index contributed by atoms with van der Waals surface area (Å²) in [6, 6.07) is 19.4. The van der Waals surface area contributed by atoms with Gasteiger partial charge in [0.2, 0.25) is 6.10 Å². The van der Waals surface area contributed by atoms with Gasteiger partial charge in [0, 0.05) is 11.0 Å². The first-order valence-electron chi connectivity index (χ1n) is 8.87. The van der Waals surface area contributed by atoms with E-state index in [0.717, 1.165) is 10.4 Å². The monoisotopic (exact) mass is 382 g/mol. The van der Waals surface area contributed by atoms with Gasteiger partial charge in [-0.2, -0.15) is 0 Å². The summed E-state index contributed by atoms with van der Waals surface area (Å²) >= 11 is 0. The quantitative estimate of drug-likeness (QED) is 0.438. The molecule has 1 unspecified atom stereocenters. The molecule has 0 N–H and O–H groups in total. The smallest absolute Gasteiger partial charge is 0.335 e. The number of rotatable bonds is 6. The third-order valence-corrected chi connectivity index (χ3v) is 6.46. The molecule has 1 atom stereocenters. The molecule has 0 heterocycles. The lowest BCUT2D eigenvalue weighted by atomic mass is 9.89. The minimum atomic E-state index is -2.27. The molecular formula is C22H26O4Si. The molecule has 4 nitrogen and oxygen atoms in total. The topological polar surface area (TPSA) is 52.6 Å². The van der Waals surface area contributed by atoms with Crippen LogP contribution >= 0.6 is 0 Å². The third kappa shape index (κ3) is 5.66. The van der Waals surface area contributed by atoms with Crippen molar-refractivity contribution < 1.29 is 18.8 Å². The highest BCUT2D eigenvalue weighted by Crippen LogP contribution is 2.24. The van der Waals surface area contributed by atoms with Crippen LogP contribution in [0.1, 0.15) is 27.7 Å². The second-order valence-electron chi connectivity index (χ2n) is 7.57. The van der Waals surface area contributed by atoms with Crippen LogP contribution in [-0.2, 0) is 18.8 Å². The van der Waals surface area contributed by atoms with Crippen molar-refractivity contribution in [1.29, 1.82) is 0 Å². The Bertz CT molecular complexity index is 755. The van der Waals surface area contributed by atoms with Crippen molar-refractivity contribution in [3.8, 4) is 0 Å². The number of hydrogen-bond acceptors (Lipinski definition) is 4. The molecule has 2 rings (SSSR count). The summed E-state index contributed by atoms with van der Waals surface area (Å²) in [6.45, 7) is 10.7. The second kappa shape index (κ2) is 8.82. The third-order valence-electron chi connectivity index (χ3n) is 4.01. The SMILES string of the molecule is C=C(C)C(=O)OC(C(=O)O[SiH](c1ccccc1)c1ccccc1)C(C)(C)C. The van der Waals surface area contributed by atoms with Crippen molar-refractivity contribution >= 4 is 31.4 Å². The minimum Gasteiger partial charge on any atom is -0.510 e. The summed E-state index contributed by atoms with van der Waals surface area (Å²) in [5.74, 6) is -1.12. The Morgan fingerprint density at radius 2 is 1.37 bits per heavy atom. The van der Waals surface area contributed by atoms with Crippen LogP contribution in [0.3, 0.4) is 0 Å². The van der Waals surface area contributed by atoms with Gasteiger partial charge < -0.3 is 9.16 Å². The lowest BCUT2D eigenvalue weighted by molar-refractivity contribution is -0.167. The van der Waals surface area contributed by atoms with Crippen LogP contribution < -0.4 is 10.4 Å². The summed E-state index contributed by atoms with van der Waals surface area (Å²) in [4.78, 5) is 25.0. The standard InChI is InChI=1S/C22H26O4Si/c1-16(2)20(23)25-19(22(3,4)5)21(24)26-27(17-12-8-6-9-13-17)18-14-10-7-11-15-18/h6-15,19,27H,1H2,2-5H3. The molecule has 0 bridgehead atoms. The van der Waals surface area contributed by atoms with Crippen LogP contribution in [0.2, 0.25) is 0 Å². The van der Waals surface area contributed by atoms with E-state index < -0.39 is 32.5 Å². The average molecular weight is 383 g/mol. The summed E-state index contributed by atoms with van der Waals surface area (Å²) < 4.78 is 11.4. The fourth-order valence-electron chi connectivity index (χ4n) is 2.55. The maximum Gasteiger partial charge on any atom is 0.335 e. The van der Waals surface area contributed by atoms with Gasteiger partial charge in [0.1, 0.15) is 0 Å². The van der Waals surface area contributed by atoms with Crippen molar-refractivity contribution in [2.45, 2.75) is 33.8 Å². The Kier molecular flexibility index (Phi) is 6.74. The Balaban J connectivity index is 2.33. The summed E-state index contributed by atoms with van der Waals surface area (Å²) in [5.41, 5.74) is -0.355. The maximum atomic E-state index is 13.0. The Morgan fingerprint density at radius 1 is 0.926 bits per heavy atom. The van der Waals surface area contributed by atoms with Gasteiger partial charge >= 0.3 is 21.0 Å². The first-order valence-corrected chi connectivity index (χ1v) is 10.5. The zero-order valence-corrected chi connectivity index (χ0v) is 17.4. The fraction of sp³-hybridized carbons (Fsp3) is 0.273. The molecule has 5 heteroatoms. The number of carbonyl (C=O) groups excluding carboxylic acids is 2. The highest BCUT2D eigenvalue weighted by Gasteiger charge is 2.38. The van der Waals surface area contributed by atoms with E-state index in [4.69, 9.17) is 9.16 Å². The van der Waals surface area contributed by atoms with Crippen LogP contribution in [-0.4, -0.2) is 27.1 Å². The molecule has 0 aliphatic heterocycles. The zero-order chi connectivity index (χ0) is 20.0. The van der Waals surface area contributed by atoms with Crippen LogP contribution in [0.15, 0.2) is 72.8 Å². The van der Waals surface area contributed by atoms with Crippen molar-refractivity contribution in [1.82, 2.24) is 0 Å². The largest absolute Gasteiger partial charge is 0.510 e. The van der Waals surface area contributed by atoms with Crippen LogP contribution in [0.4, 0.5) is 0 Å². The summed E-state index contributed by atoms with van der Waals surface area (Å²) in [6.07, 6.45) is -1.01. The molecule has 0 saturated carbocycles. The zero-order valence-electron chi connectivity index (χ0n) is 16.3. The highest BCUT2D eigenvalue weighted by atomic mass is 28.3. The summed E-state index contributed by atoms with van der Waals surface area (Å²) in [5, 5.41) is 1.96. The van der Waals surface area contributed by atoms with Gasteiger partial charge in [-0.25, -0.2) is 9.59 Å². The van der Waals surface area contributed by atoms with E-state index >= 15 is 0 Å². The van der Waals surface area contributed by atoms with Crippen molar-refractivity contribution in [3.05, 3.63) is 72.8 Å². The van der Waals surface area contributed by atoms with Crippen molar-refractivity contribution in [2.24, 2.45) is 5.41 Å². The van der Waals surface area contributed by atoms with E-state index in [-0.39, 0.29) is 5.57 Å². The molecule has 0 spiro atoms. The fourth-order valence-corrected chi connectivity index (χ4v) is 4.70. The van der Waals surface area contributed by atoms with E-state index in [9.17, 15) is 9.59 Å². The van der Waals surface area contributed by atoms with Crippen molar-refractivity contribution in [2.75, 3.05) is 0 Å². The van der Waals surface area contributed by atoms with Crippen LogP contribution in [0.5, 0.6) is 0 Å². The number of benzene rings is 2. The molecule has 2 aromatic rings. The molecule has 0 aliphatic rings. The Morgan fingerprint density at radius 3 is 1.74 bits per heavy atom. The van der Waals surface area contributed by atoms with Gasteiger partial charge in [-0.15, -0.1) is 0 Å². The van der Waals surface area contributed by atoms with Gasteiger partial charge in [0.25, 0.3) is 0 Å². The highest BCUT2D eigenvalue weighted by molar-refractivity contribution is 6.81. The average Bonchev–Trinajstić information content (AvgIpc) is 2.64. The lowest BCUT2D eigenvalue weighted by Gasteiger charge is -2.30. The van der Waals surface area contributed by atoms with E-state index in [1.54, 1.807) is 6.92 Å². The number of ether oxygens (including phenoxy) is 1. The first-order chi connectivity index (χ1) is 12.7. The lowest BCUT2D eigenvalue weighted by Crippen LogP contribution is -2.50. The Hall–Kier alpha value is -2.66. The van der Waals surface area contributed by atoms with E-state index in [0.29, 0.717) is 0 Å². The van der Waals surface area contributed by atoms with Gasteiger partial charge in [0.05, 0.1) is 0 Å². The predicted octanol–water partition coefficient (Wildman–Crippen LogP) is 2.60. The van der Waals surface area contributed by atoms with Gasteiger partial charge in [-0.1, -0.05) is 88.0 Å². The molecule has 0 saturated heterocycles. The number of esters is 1. The second-order valence-corrected chi connectivity index (χ2v) is 9.90. The molecule has 0 amide bonds. The van der Waals surface area contributed by atoms with Gasteiger partial charge in [0.15, 0.2) is 0 Å². The molecule has 142 valence electrons. The van der Waals surface area contributed by atoms with Crippen molar-refractivity contribution in [3.63, 3.8) is 0 Å². The molecule has 0 aromatic heterocycles. The predicted molar refractivity (Wildman–Crippen MR) is 110 cm³/mol. The minimum absolute atomic E-state index is 0.247. The first kappa shape index (κ1) is 20.6. The normalized spacial score (nSPS) is 12.3. The number of carbonyl (C=O) groups is 2. The van der Waals surface area contributed by atoms with E-state index in [1.807, 2.05) is 81.4 Å². The summed E-state index contributed by atoms with van der Waals surface area (Å²) in [7, 11) is -2.27. The Labute approximate surface area is 162 Å². The molecular weight excluding hydrogens is 356 g/mol. The van der Waals surface area contributed by atoms with Gasteiger partial charge in [-0.3, -0.25) is 0 Å². The van der Waals surface area contributed by atoms with E-state index in [2.05, 4.69) is 6.58 Å². The maximum absolute atomic E-state index is 13.0. The van der Waals surface area contributed by atoms with Crippen LogP contribution in [0.25, 0.3) is 0 Å². The molecule has 0 fully saturated rings. The number of hydrogen-bond donors (Lipinski definition) is 0. The molecule has 0 aliphatic carbocycles. The molecule has 27 heavy (non-hydrogen) atoms.